The molecule has 0 N–H and O–H groups in total. The molecule has 1 aliphatic heterocycles. The molecule has 138 valence electrons. The highest BCUT2D eigenvalue weighted by atomic mass is 16.5. The summed E-state index contributed by atoms with van der Waals surface area (Å²) in [7, 11) is 0. The van der Waals surface area contributed by atoms with E-state index >= 15 is 0 Å². The second-order valence-corrected chi connectivity index (χ2v) is 7.77. The number of rotatable bonds is 4. The summed E-state index contributed by atoms with van der Waals surface area (Å²) in [6, 6.07) is 18.4. The molecule has 0 radical (unpaired) electrons. The Balaban J connectivity index is 1.51. The Hall–Kier alpha value is -2.49. The lowest BCUT2D eigenvalue weighted by atomic mass is 9.87. The second-order valence-electron chi connectivity index (χ2n) is 7.77. The summed E-state index contributed by atoms with van der Waals surface area (Å²) in [4.78, 5) is 16.7. The predicted molar refractivity (Wildman–Crippen MR) is 106 cm³/mol. The molecule has 0 atom stereocenters. The summed E-state index contributed by atoms with van der Waals surface area (Å²) >= 11 is 0. The summed E-state index contributed by atoms with van der Waals surface area (Å²) in [5, 5.41) is 0. The SMILES string of the molecule is CC(C)(C)c1cccc(OCC(=O)N2CCN(c3ccccc3)CC2)c1. The average Bonchev–Trinajstić information content (AvgIpc) is 2.66. The van der Waals surface area contributed by atoms with Crippen LogP contribution in [-0.4, -0.2) is 43.6 Å². The number of benzene rings is 2. The fourth-order valence-corrected chi connectivity index (χ4v) is 3.14. The minimum Gasteiger partial charge on any atom is -0.484 e. The van der Waals surface area contributed by atoms with Gasteiger partial charge >= 0.3 is 0 Å². The molecule has 4 nitrogen and oxygen atoms in total. The molecule has 2 aromatic rings. The first kappa shape index (κ1) is 18.3. The van der Waals surface area contributed by atoms with Crippen LogP contribution in [0.1, 0.15) is 26.3 Å². The Morgan fingerprint density at radius 3 is 2.31 bits per heavy atom. The van der Waals surface area contributed by atoms with Gasteiger partial charge in [0.1, 0.15) is 5.75 Å². The molecule has 26 heavy (non-hydrogen) atoms. The van der Waals surface area contributed by atoms with Crippen molar-refractivity contribution >= 4 is 11.6 Å². The molecular weight excluding hydrogens is 324 g/mol. The number of para-hydroxylation sites is 1. The Morgan fingerprint density at radius 1 is 0.962 bits per heavy atom. The molecular formula is C22H28N2O2. The van der Waals surface area contributed by atoms with Crippen LogP contribution in [0.4, 0.5) is 5.69 Å². The summed E-state index contributed by atoms with van der Waals surface area (Å²) in [6.45, 7) is 9.79. The van der Waals surface area contributed by atoms with Crippen molar-refractivity contribution in [1.82, 2.24) is 4.90 Å². The molecule has 0 bridgehead atoms. The van der Waals surface area contributed by atoms with Crippen molar-refractivity contribution in [3.63, 3.8) is 0 Å². The van der Waals surface area contributed by atoms with Crippen molar-refractivity contribution < 1.29 is 9.53 Å². The zero-order valence-corrected chi connectivity index (χ0v) is 15.9. The number of carbonyl (C=O) groups excluding carboxylic acids is 1. The van der Waals surface area contributed by atoms with E-state index in [-0.39, 0.29) is 17.9 Å². The number of amides is 1. The molecule has 1 fully saturated rings. The number of hydrogen-bond acceptors (Lipinski definition) is 3. The van der Waals surface area contributed by atoms with Crippen LogP contribution in [0.15, 0.2) is 54.6 Å². The topological polar surface area (TPSA) is 32.8 Å². The summed E-state index contributed by atoms with van der Waals surface area (Å²) in [5.41, 5.74) is 2.49. The monoisotopic (exact) mass is 352 g/mol. The molecule has 0 saturated carbocycles. The van der Waals surface area contributed by atoms with Crippen LogP contribution in [0.2, 0.25) is 0 Å². The Labute approximate surface area is 156 Å². The van der Waals surface area contributed by atoms with Crippen LogP contribution in [0.5, 0.6) is 5.75 Å². The van der Waals surface area contributed by atoms with Gasteiger partial charge in [0.2, 0.25) is 0 Å². The van der Waals surface area contributed by atoms with E-state index in [4.69, 9.17) is 4.74 Å². The van der Waals surface area contributed by atoms with Gasteiger partial charge in [0.15, 0.2) is 6.61 Å². The van der Waals surface area contributed by atoms with Crippen molar-refractivity contribution in [2.45, 2.75) is 26.2 Å². The lowest BCUT2D eigenvalue weighted by Crippen LogP contribution is -2.50. The van der Waals surface area contributed by atoms with Gasteiger partial charge in [-0.05, 0) is 35.2 Å². The normalized spacial score (nSPS) is 15.0. The number of carbonyl (C=O) groups is 1. The molecule has 1 aliphatic rings. The number of ether oxygens (including phenoxy) is 1. The average molecular weight is 352 g/mol. The molecule has 1 heterocycles. The number of piperazine rings is 1. The van der Waals surface area contributed by atoms with Gasteiger partial charge in [0, 0.05) is 31.9 Å². The third-order valence-corrected chi connectivity index (χ3v) is 4.82. The van der Waals surface area contributed by atoms with Crippen LogP contribution in [0, 0.1) is 0 Å². The predicted octanol–water partition coefficient (Wildman–Crippen LogP) is 3.71. The smallest absolute Gasteiger partial charge is 0.260 e. The maximum absolute atomic E-state index is 12.5. The molecule has 0 aliphatic carbocycles. The van der Waals surface area contributed by atoms with Crippen LogP contribution in [0.25, 0.3) is 0 Å². The Kier molecular flexibility index (Phi) is 5.50. The summed E-state index contributed by atoms with van der Waals surface area (Å²) in [5.74, 6) is 0.813. The highest BCUT2D eigenvalue weighted by Gasteiger charge is 2.21. The van der Waals surface area contributed by atoms with E-state index in [1.165, 1.54) is 11.3 Å². The van der Waals surface area contributed by atoms with E-state index in [0.717, 1.165) is 31.9 Å². The van der Waals surface area contributed by atoms with Gasteiger partial charge in [-0.3, -0.25) is 4.79 Å². The molecule has 1 amide bonds. The van der Waals surface area contributed by atoms with Gasteiger partial charge in [-0.2, -0.15) is 0 Å². The molecule has 0 spiro atoms. The van der Waals surface area contributed by atoms with Gasteiger partial charge in [-0.1, -0.05) is 51.1 Å². The van der Waals surface area contributed by atoms with Gasteiger partial charge in [-0.25, -0.2) is 0 Å². The highest BCUT2D eigenvalue weighted by molar-refractivity contribution is 5.78. The molecule has 0 unspecified atom stereocenters. The first-order valence-electron chi connectivity index (χ1n) is 9.24. The molecule has 0 aromatic heterocycles. The van der Waals surface area contributed by atoms with Gasteiger partial charge < -0.3 is 14.5 Å². The lowest BCUT2D eigenvalue weighted by Gasteiger charge is -2.36. The molecule has 3 rings (SSSR count). The zero-order valence-electron chi connectivity index (χ0n) is 15.9. The van der Waals surface area contributed by atoms with Crippen LogP contribution in [0.3, 0.4) is 0 Å². The van der Waals surface area contributed by atoms with E-state index in [2.05, 4.69) is 43.9 Å². The van der Waals surface area contributed by atoms with E-state index in [0.29, 0.717) is 0 Å². The van der Waals surface area contributed by atoms with Crippen molar-refractivity contribution in [1.29, 1.82) is 0 Å². The van der Waals surface area contributed by atoms with Crippen LogP contribution in [-0.2, 0) is 10.2 Å². The van der Waals surface area contributed by atoms with Crippen molar-refractivity contribution in [2.24, 2.45) is 0 Å². The van der Waals surface area contributed by atoms with Crippen LogP contribution < -0.4 is 9.64 Å². The molecule has 4 heteroatoms. The maximum atomic E-state index is 12.5. The van der Waals surface area contributed by atoms with Crippen LogP contribution >= 0.6 is 0 Å². The molecule has 1 saturated heterocycles. The van der Waals surface area contributed by atoms with Gasteiger partial charge in [0.05, 0.1) is 0 Å². The second kappa shape index (κ2) is 7.81. The van der Waals surface area contributed by atoms with Crippen molar-refractivity contribution in [3.05, 3.63) is 60.2 Å². The number of anilines is 1. The first-order valence-corrected chi connectivity index (χ1v) is 9.24. The fourth-order valence-electron chi connectivity index (χ4n) is 3.14. The summed E-state index contributed by atoms with van der Waals surface area (Å²) in [6.07, 6.45) is 0. The minimum atomic E-state index is 0.0545. The quantitative estimate of drug-likeness (QED) is 0.841. The zero-order chi connectivity index (χ0) is 18.6. The lowest BCUT2D eigenvalue weighted by molar-refractivity contribution is -0.133. The minimum absolute atomic E-state index is 0.0545. The standard InChI is InChI=1S/C22H28N2O2/c1-22(2,3)18-8-7-11-20(16-18)26-17-21(25)24-14-12-23(13-15-24)19-9-5-4-6-10-19/h4-11,16H,12-15,17H2,1-3H3. The number of hydrogen-bond donors (Lipinski definition) is 0. The third kappa shape index (κ3) is 4.57. The maximum Gasteiger partial charge on any atom is 0.260 e. The molecule has 2 aromatic carbocycles. The summed E-state index contributed by atoms with van der Waals surface area (Å²) < 4.78 is 5.76. The van der Waals surface area contributed by atoms with E-state index < -0.39 is 0 Å². The van der Waals surface area contributed by atoms with Gasteiger partial charge in [0.25, 0.3) is 5.91 Å². The first-order chi connectivity index (χ1) is 12.4. The highest BCUT2D eigenvalue weighted by Crippen LogP contribution is 2.25. The van der Waals surface area contributed by atoms with Crippen molar-refractivity contribution in [3.8, 4) is 5.75 Å². The van der Waals surface area contributed by atoms with Gasteiger partial charge in [-0.15, -0.1) is 0 Å². The van der Waals surface area contributed by atoms with E-state index in [1.54, 1.807) is 0 Å². The fraction of sp³-hybridized carbons (Fsp3) is 0.409. The number of nitrogens with zero attached hydrogens (tertiary/aromatic N) is 2. The largest absolute Gasteiger partial charge is 0.484 e. The Morgan fingerprint density at radius 2 is 1.65 bits per heavy atom. The van der Waals surface area contributed by atoms with Crippen molar-refractivity contribution in [2.75, 3.05) is 37.7 Å². The van der Waals surface area contributed by atoms with E-state index in [9.17, 15) is 4.79 Å². The van der Waals surface area contributed by atoms with E-state index in [1.807, 2.05) is 41.3 Å². The Bertz CT molecular complexity index is 729. The third-order valence-electron chi connectivity index (χ3n) is 4.82.